The lowest BCUT2D eigenvalue weighted by molar-refractivity contribution is 0.101. The van der Waals surface area contributed by atoms with E-state index in [4.69, 9.17) is 21.6 Å². The number of nitrogens with zero attached hydrogens (tertiary/aromatic N) is 1. The zero-order valence-electron chi connectivity index (χ0n) is 12.0. The van der Waals surface area contributed by atoms with Gasteiger partial charge in [-0.05, 0) is 31.2 Å². The Balaban J connectivity index is 2.35. The minimum absolute atomic E-state index is 0.210. The smallest absolute Gasteiger partial charge is 0.261 e. The van der Waals surface area contributed by atoms with Gasteiger partial charge in [0.2, 0.25) is 0 Å². The Kier molecular flexibility index (Phi) is 5.14. The van der Waals surface area contributed by atoms with E-state index >= 15 is 0 Å². The number of amides is 1. The SMILES string of the molecule is CCOc1cc(Cl)ccc1NC(=O)c1c(F)cc(C#N)cc1F. The van der Waals surface area contributed by atoms with Gasteiger partial charge in [-0.25, -0.2) is 8.78 Å². The van der Waals surface area contributed by atoms with Crippen LogP contribution in [0.5, 0.6) is 5.75 Å². The predicted molar refractivity (Wildman–Crippen MR) is 81.6 cm³/mol. The number of anilines is 1. The number of ether oxygens (including phenoxy) is 1. The fraction of sp³-hybridized carbons (Fsp3) is 0.125. The van der Waals surface area contributed by atoms with Crippen LogP contribution in [0.2, 0.25) is 5.02 Å². The molecule has 0 aromatic heterocycles. The lowest BCUT2D eigenvalue weighted by atomic mass is 10.1. The van der Waals surface area contributed by atoms with Gasteiger partial charge in [-0.3, -0.25) is 4.79 Å². The molecule has 0 saturated heterocycles. The van der Waals surface area contributed by atoms with Gasteiger partial charge in [-0.15, -0.1) is 0 Å². The molecule has 2 aromatic carbocycles. The van der Waals surface area contributed by atoms with E-state index in [0.29, 0.717) is 11.6 Å². The fourth-order valence-electron chi connectivity index (χ4n) is 1.91. The number of carbonyl (C=O) groups excluding carboxylic acids is 1. The molecule has 0 fully saturated rings. The molecule has 0 heterocycles. The number of halogens is 3. The molecule has 0 spiro atoms. The van der Waals surface area contributed by atoms with Crippen molar-refractivity contribution in [1.82, 2.24) is 0 Å². The zero-order valence-corrected chi connectivity index (χ0v) is 12.7. The molecule has 0 atom stereocenters. The van der Waals surface area contributed by atoms with Crippen LogP contribution in [0.3, 0.4) is 0 Å². The summed E-state index contributed by atoms with van der Waals surface area (Å²) in [6, 6.07) is 7.65. The van der Waals surface area contributed by atoms with E-state index < -0.39 is 23.1 Å². The third kappa shape index (κ3) is 3.76. The Labute approximate surface area is 136 Å². The molecular weight excluding hydrogens is 326 g/mol. The van der Waals surface area contributed by atoms with Crippen molar-refractivity contribution in [1.29, 1.82) is 5.26 Å². The highest BCUT2D eigenvalue weighted by molar-refractivity contribution is 6.30. The summed E-state index contributed by atoms with van der Waals surface area (Å²) >= 11 is 5.85. The first-order chi connectivity index (χ1) is 11.0. The largest absolute Gasteiger partial charge is 0.492 e. The molecule has 1 amide bonds. The first-order valence-corrected chi connectivity index (χ1v) is 6.97. The minimum Gasteiger partial charge on any atom is -0.492 e. The van der Waals surface area contributed by atoms with Crippen molar-refractivity contribution < 1.29 is 18.3 Å². The van der Waals surface area contributed by atoms with Crippen molar-refractivity contribution in [3.8, 4) is 11.8 Å². The van der Waals surface area contributed by atoms with Crippen LogP contribution in [0.4, 0.5) is 14.5 Å². The number of hydrogen-bond donors (Lipinski definition) is 1. The van der Waals surface area contributed by atoms with Gasteiger partial charge >= 0.3 is 0 Å². The first kappa shape index (κ1) is 16.7. The molecule has 0 radical (unpaired) electrons. The van der Waals surface area contributed by atoms with E-state index in [1.165, 1.54) is 18.2 Å². The average Bonchev–Trinajstić information content (AvgIpc) is 2.49. The molecular formula is C16H11ClF2N2O2. The maximum Gasteiger partial charge on any atom is 0.261 e. The van der Waals surface area contributed by atoms with E-state index in [1.54, 1.807) is 13.0 Å². The van der Waals surface area contributed by atoms with Crippen LogP contribution in [0, 0.1) is 23.0 Å². The molecule has 0 aliphatic carbocycles. The third-order valence-corrected chi connectivity index (χ3v) is 3.13. The number of carbonyl (C=O) groups is 1. The Morgan fingerprint density at radius 3 is 2.52 bits per heavy atom. The van der Waals surface area contributed by atoms with Crippen LogP contribution in [0.1, 0.15) is 22.8 Å². The van der Waals surface area contributed by atoms with Crippen LogP contribution < -0.4 is 10.1 Å². The van der Waals surface area contributed by atoms with Gasteiger partial charge in [0.1, 0.15) is 22.9 Å². The second-order valence-electron chi connectivity index (χ2n) is 4.45. The molecule has 23 heavy (non-hydrogen) atoms. The molecule has 7 heteroatoms. The molecule has 2 rings (SSSR count). The normalized spacial score (nSPS) is 10.0. The fourth-order valence-corrected chi connectivity index (χ4v) is 2.08. The van der Waals surface area contributed by atoms with Crippen molar-refractivity contribution in [3.63, 3.8) is 0 Å². The van der Waals surface area contributed by atoms with Gasteiger partial charge in [0.25, 0.3) is 5.91 Å². The minimum atomic E-state index is -1.12. The van der Waals surface area contributed by atoms with E-state index in [-0.39, 0.29) is 17.0 Å². The van der Waals surface area contributed by atoms with E-state index in [2.05, 4.69) is 5.32 Å². The summed E-state index contributed by atoms with van der Waals surface area (Å²) in [7, 11) is 0. The van der Waals surface area contributed by atoms with Gasteiger partial charge in [0, 0.05) is 11.1 Å². The molecule has 0 aliphatic rings. The first-order valence-electron chi connectivity index (χ1n) is 6.59. The van der Waals surface area contributed by atoms with Crippen molar-refractivity contribution >= 4 is 23.2 Å². The van der Waals surface area contributed by atoms with Gasteiger partial charge in [-0.1, -0.05) is 11.6 Å². The zero-order chi connectivity index (χ0) is 17.0. The second kappa shape index (κ2) is 7.07. The number of nitriles is 1. The Bertz CT molecular complexity index is 780. The lowest BCUT2D eigenvalue weighted by Crippen LogP contribution is -2.17. The molecule has 4 nitrogen and oxygen atoms in total. The van der Waals surface area contributed by atoms with E-state index in [9.17, 15) is 13.6 Å². The van der Waals surface area contributed by atoms with Gasteiger partial charge in [-0.2, -0.15) is 5.26 Å². The molecule has 2 aromatic rings. The summed E-state index contributed by atoms with van der Waals surface area (Å²) in [6.07, 6.45) is 0. The van der Waals surface area contributed by atoms with Gasteiger partial charge < -0.3 is 10.1 Å². The highest BCUT2D eigenvalue weighted by Gasteiger charge is 2.20. The molecule has 1 N–H and O–H groups in total. The summed E-state index contributed by atoms with van der Waals surface area (Å²) < 4.78 is 33.0. The van der Waals surface area contributed by atoms with Crippen LogP contribution in [0.15, 0.2) is 30.3 Å². The summed E-state index contributed by atoms with van der Waals surface area (Å²) in [4.78, 5) is 12.1. The number of nitrogens with one attached hydrogen (secondary N) is 1. The third-order valence-electron chi connectivity index (χ3n) is 2.89. The van der Waals surface area contributed by atoms with Crippen LogP contribution in [0.25, 0.3) is 0 Å². The number of benzene rings is 2. The molecule has 0 saturated carbocycles. The van der Waals surface area contributed by atoms with E-state index in [0.717, 1.165) is 12.1 Å². The van der Waals surface area contributed by atoms with Gasteiger partial charge in [0.15, 0.2) is 0 Å². The predicted octanol–water partition coefficient (Wildman–Crippen LogP) is 4.14. The second-order valence-corrected chi connectivity index (χ2v) is 4.89. The lowest BCUT2D eigenvalue weighted by Gasteiger charge is -2.12. The molecule has 0 bridgehead atoms. The molecule has 0 unspecified atom stereocenters. The summed E-state index contributed by atoms with van der Waals surface area (Å²) in [5.74, 6) is -2.95. The van der Waals surface area contributed by atoms with Crippen molar-refractivity contribution in [3.05, 3.63) is 58.1 Å². The number of hydrogen-bond acceptors (Lipinski definition) is 3. The van der Waals surface area contributed by atoms with Crippen molar-refractivity contribution in [2.45, 2.75) is 6.92 Å². The van der Waals surface area contributed by atoms with Crippen LogP contribution >= 0.6 is 11.6 Å². The monoisotopic (exact) mass is 336 g/mol. The average molecular weight is 337 g/mol. The van der Waals surface area contributed by atoms with E-state index in [1.807, 2.05) is 0 Å². The summed E-state index contributed by atoms with van der Waals surface area (Å²) in [6.45, 7) is 2.06. The quantitative estimate of drug-likeness (QED) is 0.912. The Morgan fingerprint density at radius 2 is 1.96 bits per heavy atom. The van der Waals surface area contributed by atoms with Crippen molar-refractivity contribution in [2.75, 3.05) is 11.9 Å². The molecule has 118 valence electrons. The summed E-state index contributed by atoms with van der Waals surface area (Å²) in [5.41, 5.74) is -0.760. The molecule has 0 aliphatic heterocycles. The van der Waals surface area contributed by atoms with Crippen molar-refractivity contribution in [2.24, 2.45) is 0 Å². The highest BCUT2D eigenvalue weighted by Crippen LogP contribution is 2.29. The maximum atomic E-state index is 13.9. The Hall–Kier alpha value is -2.65. The topological polar surface area (TPSA) is 62.1 Å². The summed E-state index contributed by atoms with van der Waals surface area (Å²) in [5, 5.41) is 11.4. The van der Waals surface area contributed by atoms with Crippen LogP contribution in [-0.2, 0) is 0 Å². The highest BCUT2D eigenvalue weighted by atomic mass is 35.5. The van der Waals surface area contributed by atoms with Crippen LogP contribution in [-0.4, -0.2) is 12.5 Å². The Morgan fingerprint density at radius 1 is 1.30 bits per heavy atom. The standard InChI is InChI=1S/C16H11ClF2N2O2/c1-2-23-14-7-10(17)3-4-13(14)21-16(22)15-11(18)5-9(8-20)6-12(15)19/h3-7H,2H2,1H3,(H,21,22). The van der Waals surface area contributed by atoms with Gasteiger partial charge in [0.05, 0.1) is 23.9 Å². The number of rotatable bonds is 4. The maximum absolute atomic E-state index is 13.9.